The molecule has 2 aromatic rings. The van der Waals surface area contributed by atoms with E-state index in [1.807, 2.05) is 12.1 Å². The molecule has 0 radical (unpaired) electrons. The minimum atomic E-state index is 0.925. The predicted octanol–water partition coefficient (Wildman–Crippen LogP) is 4.53. The Morgan fingerprint density at radius 3 is 2.32 bits per heavy atom. The van der Waals surface area contributed by atoms with Gasteiger partial charge in [-0.2, -0.15) is 0 Å². The fourth-order valence-corrected chi connectivity index (χ4v) is 2.41. The van der Waals surface area contributed by atoms with Crippen LogP contribution < -0.4 is 4.90 Å². The highest BCUT2D eigenvalue weighted by atomic mass is 15.1. The van der Waals surface area contributed by atoms with E-state index in [2.05, 4.69) is 67.9 Å². The van der Waals surface area contributed by atoms with Crippen molar-refractivity contribution < 1.29 is 0 Å². The molecule has 2 rings (SSSR count). The highest BCUT2D eigenvalue weighted by Gasteiger charge is 2.07. The van der Waals surface area contributed by atoms with E-state index in [1.165, 1.54) is 22.4 Å². The van der Waals surface area contributed by atoms with Crippen LogP contribution in [0.1, 0.15) is 23.6 Å². The van der Waals surface area contributed by atoms with Gasteiger partial charge in [0.2, 0.25) is 0 Å². The van der Waals surface area contributed by atoms with Crippen molar-refractivity contribution in [3.05, 3.63) is 71.8 Å². The van der Waals surface area contributed by atoms with Crippen molar-refractivity contribution in [3.8, 4) is 0 Å². The van der Waals surface area contributed by atoms with Gasteiger partial charge in [-0.05, 0) is 29.2 Å². The van der Waals surface area contributed by atoms with Gasteiger partial charge in [-0.1, -0.05) is 62.0 Å². The fourth-order valence-electron chi connectivity index (χ4n) is 2.41. The molecule has 1 heteroatoms. The molecule has 1 nitrogen and oxygen atoms in total. The summed E-state index contributed by atoms with van der Waals surface area (Å²) in [5.41, 5.74) is 5.22. The fraction of sp³-hybridized carbons (Fsp3) is 0.222. The molecular formula is C18H21N. The molecule has 0 aliphatic rings. The van der Waals surface area contributed by atoms with Gasteiger partial charge in [-0.3, -0.25) is 0 Å². The van der Waals surface area contributed by atoms with E-state index in [4.69, 9.17) is 0 Å². The summed E-state index contributed by atoms with van der Waals surface area (Å²) < 4.78 is 0. The molecular weight excluding hydrogens is 230 g/mol. The standard InChI is InChI=1S/C18H21N/c1-4-15-10-6-7-12-17(15)14-19(3)18-13-9-8-11-16(18)5-2/h5-13H,2,4,14H2,1,3H3. The first-order valence-electron chi connectivity index (χ1n) is 6.75. The maximum absolute atomic E-state index is 3.89. The van der Waals surface area contributed by atoms with Crippen LogP contribution in [0.25, 0.3) is 6.08 Å². The molecule has 0 aromatic heterocycles. The Bertz CT molecular complexity index is 557. The van der Waals surface area contributed by atoms with Gasteiger partial charge in [-0.15, -0.1) is 0 Å². The van der Waals surface area contributed by atoms with E-state index in [-0.39, 0.29) is 0 Å². The molecule has 0 fully saturated rings. The Kier molecular flexibility index (Phi) is 4.40. The third-order valence-electron chi connectivity index (χ3n) is 3.47. The van der Waals surface area contributed by atoms with E-state index in [1.54, 1.807) is 0 Å². The molecule has 0 aliphatic heterocycles. The number of hydrogen-bond acceptors (Lipinski definition) is 1. The monoisotopic (exact) mass is 251 g/mol. The van der Waals surface area contributed by atoms with E-state index < -0.39 is 0 Å². The van der Waals surface area contributed by atoms with Crippen LogP contribution in [-0.4, -0.2) is 7.05 Å². The number of hydrogen-bond donors (Lipinski definition) is 0. The lowest BCUT2D eigenvalue weighted by molar-refractivity contribution is 0.900. The zero-order valence-corrected chi connectivity index (χ0v) is 11.8. The Balaban J connectivity index is 2.25. The Morgan fingerprint density at radius 2 is 1.63 bits per heavy atom. The normalized spacial score (nSPS) is 10.2. The third-order valence-corrected chi connectivity index (χ3v) is 3.47. The maximum Gasteiger partial charge on any atom is 0.0440 e. The van der Waals surface area contributed by atoms with Crippen molar-refractivity contribution in [2.75, 3.05) is 11.9 Å². The molecule has 0 N–H and O–H groups in total. The van der Waals surface area contributed by atoms with Gasteiger partial charge >= 0.3 is 0 Å². The first kappa shape index (κ1) is 13.4. The summed E-state index contributed by atoms with van der Waals surface area (Å²) in [5.74, 6) is 0. The van der Waals surface area contributed by atoms with Crippen LogP contribution in [0.2, 0.25) is 0 Å². The first-order valence-corrected chi connectivity index (χ1v) is 6.75. The summed E-state index contributed by atoms with van der Waals surface area (Å²) in [7, 11) is 2.13. The molecule has 0 heterocycles. The number of aryl methyl sites for hydroxylation is 1. The van der Waals surface area contributed by atoms with Crippen LogP contribution >= 0.6 is 0 Å². The number of rotatable bonds is 5. The van der Waals surface area contributed by atoms with Crippen LogP contribution in [-0.2, 0) is 13.0 Å². The van der Waals surface area contributed by atoms with Gasteiger partial charge in [0.15, 0.2) is 0 Å². The van der Waals surface area contributed by atoms with Gasteiger partial charge in [0.05, 0.1) is 0 Å². The van der Waals surface area contributed by atoms with Crippen LogP contribution in [0.3, 0.4) is 0 Å². The largest absolute Gasteiger partial charge is 0.370 e. The Morgan fingerprint density at radius 1 is 1.00 bits per heavy atom. The SMILES string of the molecule is C=Cc1ccccc1N(C)Cc1ccccc1CC. The van der Waals surface area contributed by atoms with Gasteiger partial charge in [0.1, 0.15) is 0 Å². The van der Waals surface area contributed by atoms with Gasteiger partial charge < -0.3 is 4.90 Å². The summed E-state index contributed by atoms with van der Waals surface area (Å²) in [6.07, 6.45) is 2.99. The second kappa shape index (κ2) is 6.24. The van der Waals surface area contributed by atoms with Crippen LogP contribution in [0.4, 0.5) is 5.69 Å². The Hall–Kier alpha value is -2.02. The lowest BCUT2D eigenvalue weighted by Crippen LogP contribution is -2.18. The molecule has 2 aromatic carbocycles. The molecule has 19 heavy (non-hydrogen) atoms. The number of benzene rings is 2. The van der Waals surface area contributed by atoms with E-state index in [0.717, 1.165) is 13.0 Å². The number of para-hydroxylation sites is 1. The van der Waals surface area contributed by atoms with Crippen molar-refractivity contribution in [1.29, 1.82) is 0 Å². The average molecular weight is 251 g/mol. The van der Waals surface area contributed by atoms with E-state index >= 15 is 0 Å². The Labute approximate surface area is 116 Å². The zero-order valence-electron chi connectivity index (χ0n) is 11.8. The minimum absolute atomic E-state index is 0.925. The first-order chi connectivity index (χ1) is 9.26. The second-order valence-electron chi connectivity index (χ2n) is 4.74. The number of nitrogens with zero attached hydrogens (tertiary/aromatic N) is 1. The van der Waals surface area contributed by atoms with Crippen LogP contribution in [0, 0.1) is 0 Å². The molecule has 0 unspecified atom stereocenters. The minimum Gasteiger partial charge on any atom is -0.370 e. The molecule has 0 bridgehead atoms. The summed E-state index contributed by atoms with van der Waals surface area (Å²) >= 11 is 0. The summed E-state index contributed by atoms with van der Waals surface area (Å²) in [6.45, 7) is 7.02. The number of anilines is 1. The zero-order chi connectivity index (χ0) is 13.7. The molecule has 0 saturated carbocycles. The lowest BCUT2D eigenvalue weighted by Gasteiger charge is -2.23. The van der Waals surface area contributed by atoms with Crippen LogP contribution in [0.15, 0.2) is 55.1 Å². The molecule has 0 spiro atoms. The van der Waals surface area contributed by atoms with Gasteiger partial charge in [-0.25, -0.2) is 0 Å². The van der Waals surface area contributed by atoms with E-state index in [9.17, 15) is 0 Å². The summed E-state index contributed by atoms with van der Waals surface area (Å²) in [6, 6.07) is 17.0. The second-order valence-corrected chi connectivity index (χ2v) is 4.74. The third kappa shape index (κ3) is 3.05. The van der Waals surface area contributed by atoms with Crippen molar-refractivity contribution in [3.63, 3.8) is 0 Å². The molecule has 0 saturated heterocycles. The van der Waals surface area contributed by atoms with Gasteiger partial charge in [0.25, 0.3) is 0 Å². The van der Waals surface area contributed by atoms with Crippen molar-refractivity contribution in [2.45, 2.75) is 19.9 Å². The summed E-state index contributed by atoms with van der Waals surface area (Å²) in [4.78, 5) is 2.28. The quantitative estimate of drug-likeness (QED) is 0.754. The molecule has 0 amide bonds. The van der Waals surface area contributed by atoms with Gasteiger partial charge in [0, 0.05) is 19.3 Å². The van der Waals surface area contributed by atoms with Crippen molar-refractivity contribution in [1.82, 2.24) is 0 Å². The smallest absolute Gasteiger partial charge is 0.0440 e. The lowest BCUT2D eigenvalue weighted by atomic mass is 10.0. The topological polar surface area (TPSA) is 3.24 Å². The average Bonchev–Trinajstić information content (AvgIpc) is 2.47. The van der Waals surface area contributed by atoms with Crippen molar-refractivity contribution >= 4 is 11.8 Å². The predicted molar refractivity (Wildman–Crippen MR) is 84.5 cm³/mol. The van der Waals surface area contributed by atoms with Crippen LogP contribution in [0.5, 0.6) is 0 Å². The molecule has 0 aliphatic carbocycles. The highest BCUT2D eigenvalue weighted by molar-refractivity contribution is 5.66. The maximum atomic E-state index is 3.89. The summed E-state index contributed by atoms with van der Waals surface area (Å²) in [5, 5.41) is 0. The van der Waals surface area contributed by atoms with Crippen molar-refractivity contribution in [2.24, 2.45) is 0 Å². The molecule has 98 valence electrons. The van der Waals surface area contributed by atoms with E-state index in [0.29, 0.717) is 0 Å². The molecule has 0 atom stereocenters. The highest BCUT2D eigenvalue weighted by Crippen LogP contribution is 2.22.